The van der Waals surface area contributed by atoms with Crippen LogP contribution in [0.5, 0.6) is 5.75 Å². The highest BCUT2D eigenvalue weighted by Crippen LogP contribution is 2.41. The number of aromatic nitrogens is 2. The Labute approximate surface area is 159 Å². The van der Waals surface area contributed by atoms with Gasteiger partial charge in [0.05, 0.1) is 24.2 Å². The number of methoxy groups -OCH3 is 1. The molecule has 0 bridgehead atoms. The summed E-state index contributed by atoms with van der Waals surface area (Å²) in [5.41, 5.74) is 3.09. The maximum Gasteiger partial charge on any atom is 0.240 e. The minimum absolute atomic E-state index is 0.0283. The maximum absolute atomic E-state index is 12.9. The first kappa shape index (κ1) is 17.6. The van der Waals surface area contributed by atoms with Crippen LogP contribution in [0.3, 0.4) is 0 Å². The first-order valence-electron chi connectivity index (χ1n) is 9.57. The van der Waals surface area contributed by atoms with Gasteiger partial charge >= 0.3 is 0 Å². The number of rotatable bonds is 7. The van der Waals surface area contributed by atoms with E-state index in [0.29, 0.717) is 12.5 Å². The molecule has 1 saturated carbocycles. The third kappa shape index (κ3) is 3.68. The summed E-state index contributed by atoms with van der Waals surface area (Å²) in [6, 6.07) is 16.0. The molecule has 0 radical (unpaired) electrons. The molecule has 1 heterocycles. The molecule has 3 aromatic rings. The van der Waals surface area contributed by atoms with Crippen LogP contribution < -0.4 is 10.1 Å². The van der Waals surface area contributed by atoms with Crippen molar-refractivity contribution in [2.24, 2.45) is 5.92 Å². The van der Waals surface area contributed by atoms with Crippen molar-refractivity contribution in [1.82, 2.24) is 14.9 Å². The predicted octanol–water partition coefficient (Wildman–Crippen LogP) is 3.87. The lowest BCUT2D eigenvalue weighted by Crippen LogP contribution is -2.33. The zero-order valence-corrected chi connectivity index (χ0v) is 15.8. The average molecular weight is 363 g/mol. The number of ether oxygens (including phenoxy) is 1. The fraction of sp³-hybridized carbons (Fsp3) is 0.364. The summed E-state index contributed by atoms with van der Waals surface area (Å²) in [5.74, 6) is 2.32. The number of carbonyl (C=O) groups is 1. The van der Waals surface area contributed by atoms with E-state index in [0.717, 1.165) is 47.4 Å². The fourth-order valence-corrected chi connectivity index (χ4v) is 3.65. The molecule has 5 nitrogen and oxygen atoms in total. The van der Waals surface area contributed by atoms with E-state index >= 15 is 0 Å². The number of benzene rings is 2. The molecule has 1 amide bonds. The first-order chi connectivity index (χ1) is 13.2. The third-order valence-corrected chi connectivity index (χ3v) is 5.24. The summed E-state index contributed by atoms with van der Waals surface area (Å²) in [7, 11) is 1.66. The number of hydrogen-bond donors (Lipinski definition) is 1. The number of aryl methyl sites for hydroxylation is 1. The van der Waals surface area contributed by atoms with Gasteiger partial charge in [-0.1, -0.05) is 31.2 Å². The van der Waals surface area contributed by atoms with Crippen LogP contribution in [0.1, 0.15) is 37.2 Å². The molecule has 1 N–H and O–H groups in total. The molecule has 1 unspecified atom stereocenters. The van der Waals surface area contributed by atoms with Crippen molar-refractivity contribution < 1.29 is 9.53 Å². The average Bonchev–Trinajstić information content (AvgIpc) is 3.49. The molecule has 0 spiro atoms. The molecule has 0 aliphatic heterocycles. The van der Waals surface area contributed by atoms with Crippen LogP contribution in [0.4, 0.5) is 0 Å². The van der Waals surface area contributed by atoms with E-state index in [4.69, 9.17) is 4.74 Å². The summed E-state index contributed by atoms with van der Waals surface area (Å²) in [6.07, 6.45) is 3.11. The van der Waals surface area contributed by atoms with Gasteiger partial charge in [-0.25, -0.2) is 4.98 Å². The van der Waals surface area contributed by atoms with Crippen LogP contribution in [-0.4, -0.2) is 22.6 Å². The van der Waals surface area contributed by atoms with E-state index in [1.807, 2.05) is 53.1 Å². The maximum atomic E-state index is 12.9. The Hall–Kier alpha value is -2.82. The van der Waals surface area contributed by atoms with Crippen molar-refractivity contribution in [3.8, 4) is 5.75 Å². The smallest absolute Gasteiger partial charge is 0.240 e. The molecular weight excluding hydrogens is 338 g/mol. The zero-order valence-electron chi connectivity index (χ0n) is 15.8. The molecule has 1 aliphatic rings. The van der Waals surface area contributed by atoms with Crippen molar-refractivity contribution in [2.45, 2.75) is 38.8 Å². The van der Waals surface area contributed by atoms with E-state index in [1.54, 1.807) is 7.11 Å². The molecule has 5 heteroatoms. The molecule has 1 aromatic heterocycles. The van der Waals surface area contributed by atoms with Crippen molar-refractivity contribution in [3.05, 3.63) is 59.9 Å². The Bertz CT molecular complexity index is 942. The number of carbonyl (C=O) groups excluding carboxylic acids is 1. The number of nitrogens with one attached hydrogen (secondary N) is 1. The van der Waals surface area contributed by atoms with E-state index in [1.165, 1.54) is 0 Å². The second-order valence-corrected chi connectivity index (χ2v) is 7.11. The zero-order chi connectivity index (χ0) is 18.8. The fourth-order valence-electron chi connectivity index (χ4n) is 3.65. The van der Waals surface area contributed by atoms with Crippen LogP contribution in [0.25, 0.3) is 11.0 Å². The largest absolute Gasteiger partial charge is 0.497 e. The minimum Gasteiger partial charge on any atom is -0.497 e. The topological polar surface area (TPSA) is 56.2 Å². The van der Waals surface area contributed by atoms with Gasteiger partial charge in [0.2, 0.25) is 5.91 Å². The Morgan fingerprint density at radius 2 is 1.96 bits per heavy atom. The van der Waals surface area contributed by atoms with Gasteiger partial charge in [-0.2, -0.15) is 0 Å². The normalized spacial score (nSPS) is 14.9. The molecule has 2 aromatic carbocycles. The van der Waals surface area contributed by atoms with Crippen LogP contribution >= 0.6 is 0 Å². The summed E-state index contributed by atoms with van der Waals surface area (Å²) in [6.45, 7) is 2.36. The Morgan fingerprint density at radius 1 is 1.22 bits per heavy atom. The van der Waals surface area contributed by atoms with Crippen LogP contribution in [0.15, 0.2) is 48.5 Å². The van der Waals surface area contributed by atoms with Crippen molar-refractivity contribution in [2.75, 3.05) is 7.11 Å². The van der Waals surface area contributed by atoms with Crippen LogP contribution in [0, 0.1) is 5.92 Å². The van der Waals surface area contributed by atoms with Crippen molar-refractivity contribution >= 4 is 16.9 Å². The van der Waals surface area contributed by atoms with Crippen molar-refractivity contribution in [3.63, 3.8) is 0 Å². The summed E-state index contributed by atoms with van der Waals surface area (Å²) in [5, 5.41) is 3.26. The molecule has 140 valence electrons. The predicted molar refractivity (Wildman–Crippen MR) is 106 cm³/mol. The molecule has 1 atom stereocenters. The lowest BCUT2D eigenvalue weighted by Gasteiger charge is -2.20. The number of imidazole rings is 1. The molecule has 1 aliphatic carbocycles. The van der Waals surface area contributed by atoms with Gasteiger partial charge < -0.3 is 14.6 Å². The van der Waals surface area contributed by atoms with Gasteiger partial charge in [-0.3, -0.25) is 4.79 Å². The molecular formula is C22H25N3O2. The second kappa shape index (κ2) is 7.43. The number of nitrogens with zero attached hydrogens (tertiary/aromatic N) is 2. The van der Waals surface area contributed by atoms with Crippen LogP contribution in [0.2, 0.25) is 0 Å². The van der Waals surface area contributed by atoms with Crippen LogP contribution in [-0.2, 0) is 17.8 Å². The summed E-state index contributed by atoms with van der Waals surface area (Å²) < 4.78 is 7.28. The summed E-state index contributed by atoms with van der Waals surface area (Å²) >= 11 is 0. The summed E-state index contributed by atoms with van der Waals surface area (Å²) in [4.78, 5) is 17.5. The van der Waals surface area contributed by atoms with E-state index in [9.17, 15) is 4.79 Å². The standard InChI is InChI=1S/C22H25N3O2/c1-3-20-23-18-6-4-5-7-19(18)25(20)14-21(26)24-22(15-8-9-15)16-10-12-17(27-2)13-11-16/h4-7,10-13,15,22H,3,8-9,14H2,1-2H3,(H,24,26). The second-order valence-electron chi connectivity index (χ2n) is 7.11. The van der Waals surface area contributed by atoms with Gasteiger partial charge in [0.25, 0.3) is 0 Å². The molecule has 1 fully saturated rings. The van der Waals surface area contributed by atoms with E-state index in [-0.39, 0.29) is 11.9 Å². The number of amides is 1. The monoisotopic (exact) mass is 363 g/mol. The number of hydrogen-bond acceptors (Lipinski definition) is 3. The Morgan fingerprint density at radius 3 is 2.63 bits per heavy atom. The Kier molecular flexibility index (Phi) is 4.84. The van der Waals surface area contributed by atoms with E-state index in [2.05, 4.69) is 17.2 Å². The minimum atomic E-state index is 0.0283. The van der Waals surface area contributed by atoms with Gasteiger partial charge in [0, 0.05) is 6.42 Å². The highest BCUT2D eigenvalue weighted by molar-refractivity contribution is 5.81. The quantitative estimate of drug-likeness (QED) is 0.693. The van der Waals surface area contributed by atoms with Gasteiger partial charge in [-0.05, 0) is 48.6 Å². The SMILES string of the molecule is CCc1nc2ccccc2n1CC(=O)NC(c1ccc(OC)cc1)C1CC1. The van der Waals surface area contributed by atoms with Gasteiger partial charge in [0.15, 0.2) is 0 Å². The van der Waals surface area contributed by atoms with Gasteiger partial charge in [-0.15, -0.1) is 0 Å². The lowest BCUT2D eigenvalue weighted by atomic mass is 10.0. The molecule has 4 rings (SSSR count). The van der Waals surface area contributed by atoms with Gasteiger partial charge in [0.1, 0.15) is 18.1 Å². The highest BCUT2D eigenvalue weighted by Gasteiger charge is 2.33. The first-order valence-corrected chi connectivity index (χ1v) is 9.57. The van der Waals surface area contributed by atoms with Crippen molar-refractivity contribution in [1.29, 1.82) is 0 Å². The van der Waals surface area contributed by atoms with E-state index < -0.39 is 0 Å². The highest BCUT2D eigenvalue weighted by atomic mass is 16.5. The number of fused-ring (bicyclic) bond motifs is 1. The molecule has 0 saturated heterocycles. The number of para-hydroxylation sites is 2. The Balaban J connectivity index is 1.54. The lowest BCUT2D eigenvalue weighted by molar-refractivity contribution is -0.122. The molecule has 27 heavy (non-hydrogen) atoms. The third-order valence-electron chi connectivity index (χ3n) is 5.24.